The summed E-state index contributed by atoms with van der Waals surface area (Å²) in [5, 5.41) is 9.04. The molecule has 276 valence electrons. The molecular formula is C54H31NO3S. The molecule has 4 nitrogen and oxygen atoms in total. The van der Waals surface area contributed by atoms with E-state index >= 15 is 0 Å². The second-order valence-corrected chi connectivity index (χ2v) is 16.2. The van der Waals surface area contributed by atoms with Crippen molar-refractivity contribution in [3.63, 3.8) is 0 Å². The first-order chi connectivity index (χ1) is 29.2. The summed E-state index contributed by atoms with van der Waals surface area (Å²) in [4.78, 5) is 2.38. The predicted molar refractivity (Wildman–Crippen MR) is 247 cm³/mol. The van der Waals surface area contributed by atoms with Gasteiger partial charge in [-0.3, -0.25) is 0 Å². The monoisotopic (exact) mass is 773 g/mol. The minimum absolute atomic E-state index is 0.831. The van der Waals surface area contributed by atoms with Crippen molar-refractivity contribution >= 4 is 114 Å². The Kier molecular flexibility index (Phi) is 6.85. The summed E-state index contributed by atoms with van der Waals surface area (Å²) < 4.78 is 22.0. The Morgan fingerprint density at radius 2 is 0.881 bits per heavy atom. The first-order valence-corrected chi connectivity index (χ1v) is 20.6. The van der Waals surface area contributed by atoms with Crippen LogP contribution in [-0.2, 0) is 0 Å². The van der Waals surface area contributed by atoms with Gasteiger partial charge in [-0.25, -0.2) is 0 Å². The van der Waals surface area contributed by atoms with Gasteiger partial charge in [-0.1, -0.05) is 127 Å². The van der Waals surface area contributed by atoms with Crippen LogP contribution in [-0.4, -0.2) is 0 Å². The van der Waals surface area contributed by atoms with Crippen LogP contribution in [0, 0.1) is 0 Å². The molecule has 9 aromatic carbocycles. The van der Waals surface area contributed by atoms with Gasteiger partial charge < -0.3 is 18.2 Å². The van der Waals surface area contributed by atoms with Gasteiger partial charge in [0.05, 0.1) is 15.8 Å². The Bertz CT molecular complexity index is 3790. The van der Waals surface area contributed by atoms with Crippen LogP contribution in [0.1, 0.15) is 0 Å². The molecule has 0 amide bonds. The maximum Gasteiger partial charge on any atom is 0.147 e. The molecule has 0 unspecified atom stereocenters. The van der Waals surface area contributed by atoms with Crippen LogP contribution in [0.3, 0.4) is 0 Å². The van der Waals surface area contributed by atoms with E-state index in [9.17, 15) is 0 Å². The molecule has 0 bridgehead atoms. The number of hydrogen-bond acceptors (Lipinski definition) is 5. The number of furan rings is 3. The van der Waals surface area contributed by atoms with Crippen molar-refractivity contribution in [3.8, 4) is 22.3 Å². The van der Waals surface area contributed by atoms with Gasteiger partial charge in [0.2, 0.25) is 0 Å². The number of hydrogen-bond donors (Lipinski definition) is 0. The topological polar surface area (TPSA) is 42.7 Å². The van der Waals surface area contributed by atoms with Crippen LogP contribution in [0.2, 0.25) is 0 Å². The number of anilines is 3. The Hall–Kier alpha value is -7.60. The fourth-order valence-electron chi connectivity index (χ4n) is 9.18. The molecule has 0 N–H and O–H groups in total. The maximum atomic E-state index is 6.83. The van der Waals surface area contributed by atoms with E-state index in [0.29, 0.717) is 0 Å². The molecular weight excluding hydrogens is 743 g/mol. The van der Waals surface area contributed by atoms with E-state index in [0.717, 1.165) is 105 Å². The van der Waals surface area contributed by atoms with E-state index in [1.165, 1.54) is 20.2 Å². The molecule has 0 aliphatic heterocycles. The van der Waals surface area contributed by atoms with Crippen LogP contribution in [0.5, 0.6) is 0 Å². The lowest BCUT2D eigenvalue weighted by Crippen LogP contribution is -2.10. The van der Waals surface area contributed by atoms with Crippen LogP contribution < -0.4 is 4.90 Å². The third-order valence-corrected chi connectivity index (χ3v) is 13.1. The van der Waals surface area contributed by atoms with Gasteiger partial charge >= 0.3 is 0 Å². The summed E-state index contributed by atoms with van der Waals surface area (Å²) >= 11 is 1.84. The lowest BCUT2D eigenvalue weighted by molar-refractivity contribution is 0.663. The highest BCUT2D eigenvalue weighted by Crippen LogP contribution is 2.47. The summed E-state index contributed by atoms with van der Waals surface area (Å²) in [5.74, 6) is 0. The molecule has 0 spiro atoms. The van der Waals surface area contributed by atoms with Gasteiger partial charge in [0.15, 0.2) is 0 Å². The average Bonchev–Trinajstić information content (AvgIpc) is 4.07. The van der Waals surface area contributed by atoms with Crippen LogP contribution in [0.15, 0.2) is 201 Å². The predicted octanol–water partition coefficient (Wildman–Crippen LogP) is 16.6. The fraction of sp³-hybridized carbons (Fsp3) is 0. The van der Waals surface area contributed by atoms with Crippen molar-refractivity contribution in [2.24, 2.45) is 0 Å². The quantitative estimate of drug-likeness (QED) is 0.175. The van der Waals surface area contributed by atoms with E-state index in [1.807, 2.05) is 41.7 Å². The highest BCUT2D eigenvalue weighted by molar-refractivity contribution is 7.26. The summed E-state index contributed by atoms with van der Waals surface area (Å²) in [6.07, 6.45) is 0. The molecule has 0 aliphatic carbocycles. The molecule has 0 radical (unpaired) electrons. The van der Waals surface area contributed by atoms with Crippen molar-refractivity contribution in [1.82, 2.24) is 0 Å². The van der Waals surface area contributed by atoms with Crippen molar-refractivity contribution in [3.05, 3.63) is 188 Å². The lowest BCUT2D eigenvalue weighted by Gasteiger charge is -2.26. The van der Waals surface area contributed by atoms with E-state index < -0.39 is 0 Å². The molecule has 13 rings (SSSR count). The Morgan fingerprint density at radius 1 is 0.339 bits per heavy atom. The largest absolute Gasteiger partial charge is 0.456 e. The second-order valence-electron chi connectivity index (χ2n) is 15.2. The molecule has 13 aromatic rings. The molecule has 0 saturated heterocycles. The van der Waals surface area contributed by atoms with E-state index in [2.05, 4.69) is 163 Å². The van der Waals surface area contributed by atoms with Gasteiger partial charge in [-0.15, -0.1) is 11.3 Å². The molecule has 5 heteroatoms. The van der Waals surface area contributed by atoms with Crippen molar-refractivity contribution in [2.45, 2.75) is 0 Å². The first kappa shape index (κ1) is 32.5. The van der Waals surface area contributed by atoms with Crippen LogP contribution >= 0.6 is 11.3 Å². The molecule has 0 aliphatic rings. The zero-order valence-electron chi connectivity index (χ0n) is 31.5. The van der Waals surface area contributed by atoms with E-state index in [4.69, 9.17) is 13.3 Å². The SMILES string of the molecule is c1ccc2c(c1)oc1c(-c3ccc(N(c4ccc(-c5cccc6c5oc5c6ccc6oc7ccccc7c65)cc4)c4cccc5c4sc4ccccc45)cc3)cccc12. The van der Waals surface area contributed by atoms with Crippen molar-refractivity contribution in [1.29, 1.82) is 0 Å². The van der Waals surface area contributed by atoms with Crippen molar-refractivity contribution < 1.29 is 13.3 Å². The highest BCUT2D eigenvalue weighted by atomic mass is 32.1. The molecule has 0 saturated carbocycles. The molecule has 4 aromatic heterocycles. The van der Waals surface area contributed by atoms with E-state index in [1.54, 1.807) is 0 Å². The Labute approximate surface area is 341 Å². The third-order valence-electron chi connectivity index (χ3n) is 11.9. The molecule has 59 heavy (non-hydrogen) atoms. The van der Waals surface area contributed by atoms with Gasteiger partial charge in [-0.2, -0.15) is 0 Å². The highest BCUT2D eigenvalue weighted by Gasteiger charge is 2.21. The number of fused-ring (bicyclic) bond motifs is 13. The fourth-order valence-corrected chi connectivity index (χ4v) is 10.4. The maximum absolute atomic E-state index is 6.83. The van der Waals surface area contributed by atoms with Gasteiger partial charge in [0, 0.05) is 64.9 Å². The van der Waals surface area contributed by atoms with Crippen LogP contribution in [0.25, 0.3) is 108 Å². The normalized spacial score (nSPS) is 12.1. The number of thiophene rings is 1. The summed E-state index contributed by atoms with van der Waals surface area (Å²) in [5.41, 5.74) is 12.8. The standard InChI is InChI=1S/C54H31NO3S/c1-4-19-46-38(10-1)40-15-7-13-36(51(40)57-46)32-22-26-34(27-23-32)55(45-18-9-17-43-39-11-3-6-21-49(39)59-54(43)45)35-28-24-33(25-29-35)37-14-8-16-41-42-30-31-48-50(53(42)58-52(37)41)44-12-2-5-20-47(44)56-48/h1-31H. The molecule has 0 fully saturated rings. The smallest absolute Gasteiger partial charge is 0.147 e. The number of benzene rings is 9. The Morgan fingerprint density at radius 3 is 1.61 bits per heavy atom. The summed E-state index contributed by atoms with van der Waals surface area (Å²) in [6, 6.07) is 66.6. The number of nitrogens with zero attached hydrogens (tertiary/aromatic N) is 1. The molecule has 4 heterocycles. The lowest BCUT2D eigenvalue weighted by atomic mass is 10.0. The summed E-state index contributed by atoms with van der Waals surface area (Å²) in [7, 11) is 0. The minimum atomic E-state index is 0.831. The van der Waals surface area contributed by atoms with E-state index in [-0.39, 0.29) is 0 Å². The second kappa shape index (κ2) is 12.4. The van der Waals surface area contributed by atoms with Gasteiger partial charge in [0.25, 0.3) is 0 Å². The number of para-hydroxylation sites is 4. The Balaban J connectivity index is 0.955. The molecule has 0 atom stereocenters. The zero-order valence-corrected chi connectivity index (χ0v) is 32.3. The van der Waals surface area contributed by atoms with Crippen LogP contribution in [0.4, 0.5) is 17.1 Å². The van der Waals surface area contributed by atoms with Gasteiger partial charge in [-0.05, 0) is 71.8 Å². The first-order valence-electron chi connectivity index (χ1n) is 19.8. The van der Waals surface area contributed by atoms with Gasteiger partial charge in [0.1, 0.15) is 33.5 Å². The summed E-state index contributed by atoms with van der Waals surface area (Å²) in [6.45, 7) is 0. The zero-order chi connectivity index (χ0) is 38.6. The average molecular weight is 774 g/mol. The number of rotatable bonds is 5. The third kappa shape index (κ3) is 4.83. The minimum Gasteiger partial charge on any atom is -0.456 e. The van der Waals surface area contributed by atoms with Crippen molar-refractivity contribution in [2.75, 3.05) is 4.90 Å².